The fourth-order valence-electron chi connectivity index (χ4n) is 1.72. The molecule has 1 N–H and O–H groups in total. The third-order valence-corrected chi connectivity index (χ3v) is 3.84. The molecular formula is C10H18N2OS. The van der Waals surface area contributed by atoms with Crippen molar-refractivity contribution in [1.29, 1.82) is 0 Å². The Morgan fingerprint density at radius 1 is 1.71 bits per heavy atom. The Bertz CT molecular complexity index is 236. The summed E-state index contributed by atoms with van der Waals surface area (Å²) in [6, 6.07) is 0.522. The van der Waals surface area contributed by atoms with Crippen LogP contribution in [0.15, 0.2) is 4.99 Å². The van der Waals surface area contributed by atoms with E-state index in [2.05, 4.69) is 24.2 Å². The summed E-state index contributed by atoms with van der Waals surface area (Å²) in [5.41, 5.74) is 0.120. The van der Waals surface area contributed by atoms with Gasteiger partial charge in [-0.2, -0.15) is 0 Å². The highest BCUT2D eigenvalue weighted by Crippen LogP contribution is 2.23. The number of aliphatic imine (C=N–C) groups is 1. The lowest BCUT2D eigenvalue weighted by Crippen LogP contribution is -2.45. The Morgan fingerprint density at radius 2 is 2.57 bits per heavy atom. The molecule has 2 atom stereocenters. The Labute approximate surface area is 89.7 Å². The SMILES string of the molecule is CCC1CSC(NC2(C)CCOC2)=N1. The molecule has 14 heavy (non-hydrogen) atoms. The van der Waals surface area contributed by atoms with E-state index < -0.39 is 0 Å². The van der Waals surface area contributed by atoms with Crippen LogP contribution in [0.1, 0.15) is 26.7 Å². The van der Waals surface area contributed by atoms with Crippen molar-refractivity contribution in [2.45, 2.75) is 38.3 Å². The normalized spacial score (nSPS) is 37.3. The quantitative estimate of drug-likeness (QED) is 0.758. The summed E-state index contributed by atoms with van der Waals surface area (Å²) in [5.74, 6) is 1.13. The predicted octanol–water partition coefficient (Wildman–Crippen LogP) is 1.64. The Balaban J connectivity index is 1.91. The number of nitrogens with one attached hydrogen (secondary N) is 1. The summed E-state index contributed by atoms with van der Waals surface area (Å²) < 4.78 is 5.40. The molecule has 0 bridgehead atoms. The van der Waals surface area contributed by atoms with Crippen LogP contribution in [0.5, 0.6) is 0 Å². The molecule has 0 amide bonds. The van der Waals surface area contributed by atoms with Crippen LogP contribution in [0.25, 0.3) is 0 Å². The zero-order valence-electron chi connectivity index (χ0n) is 8.88. The van der Waals surface area contributed by atoms with E-state index in [1.165, 1.54) is 0 Å². The summed E-state index contributed by atoms with van der Waals surface area (Å²) in [5, 5.41) is 4.62. The maximum Gasteiger partial charge on any atom is 0.157 e. The molecule has 2 unspecified atom stereocenters. The molecule has 1 saturated heterocycles. The molecular weight excluding hydrogens is 196 g/mol. The molecule has 0 saturated carbocycles. The summed E-state index contributed by atoms with van der Waals surface area (Å²) >= 11 is 1.84. The van der Waals surface area contributed by atoms with E-state index in [0.717, 1.165) is 37.0 Å². The molecule has 2 aliphatic heterocycles. The molecule has 0 aromatic carbocycles. The number of hydrogen-bond donors (Lipinski definition) is 1. The van der Waals surface area contributed by atoms with Gasteiger partial charge >= 0.3 is 0 Å². The second kappa shape index (κ2) is 4.11. The minimum Gasteiger partial charge on any atom is -0.379 e. The minimum atomic E-state index is 0.120. The van der Waals surface area contributed by atoms with E-state index in [9.17, 15) is 0 Å². The monoisotopic (exact) mass is 214 g/mol. The molecule has 0 spiro atoms. The first-order chi connectivity index (χ1) is 6.72. The fraction of sp³-hybridized carbons (Fsp3) is 0.900. The van der Waals surface area contributed by atoms with Gasteiger partial charge in [0.1, 0.15) is 0 Å². The van der Waals surface area contributed by atoms with Crippen LogP contribution in [0.4, 0.5) is 0 Å². The number of amidine groups is 1. The number of thioether (sulfide) groups is 1. The van der Waals surface area contributed by atoms with Crippen LogP contribution in [0, 0.1) is 0 Å². The first kappa shape index (κ1) is 10.3. The number of nitrogens with zero attached hydrogens (tertiary/aromatic N) is 1. The number of hydrogen-bond acceptors (Lipinski definition) is 4. The van der Waals surface area contributed by atoms with E-state index >= 15 is 0 Å². The maximum atomic E-state index is 5.40. The molecule has 2 aliphatic rings. The first-order valence-electron chi connectivity index (χ1n) is 5.28. The highest BCUT2D eigenvalue weighted by Gasteiger charge is 2.32. The highest BCUT2D eigenvalue weighted by atomic mass is 32.2. The van der Waals surface area contributed by atoms with Crippen LogP contribution in [0.2, 0.25) is 0 Å². The third-order valence-electron chi connectivity index (χ3n) is 2.81. The van der Waals surface area contributed by atoms with Gasteiger partial charge in [-0.05, 0) is 19.8 Å². The van der Waals surface area contributed by atoms with Gasteiger partial charge in [0.25, 0.3) is 0 Å². The van der Waals surface area contributed by atoms with Gasteiger partial charge in [0.15, 0.2) is 5.17 Å². The third kappa shape index (κ3) is 2.23. The zero-order chi connectivity index (χ0) is 10.0. The van der Waals surface area contributed by atoms with Gasteiger partial charge in [0.05, 0.1) is 18.2 Å². The Morgan fingerprint density at radius 3 is 3.14 bits per heavy atom. The number of rotatable bonds is 2. The molecule has 0 aromatic rings. The van der Waals surface area contributed by atoms with Gasteiger partial charge in [0, 0.05) is 12.4 Å². The van der Waals surface area contributed by atoms with Crippen molar-refractivity contribution in [2.75, 3.05) is 19.0 Å². The van der Waals surface area contributed by atoms with Crippen LogP contribution in [-0.2, 0) is 4.74 Å². The second-order valence-electron chi connectivity index (χ2n) is 4.30. The van der Waals surface area contributed by atoms with Gasteiger partial charge in [0.2, 0.25) is 0 Å². The van der Waals surface area contributed by atoms with Crippen molar-refractivity contribution >= 4 is 16.9 Å². The standard InChI is InChI=1S/C10H18N2OS/c1-3-8-6-14-9(11-8)12-10(2)4-5-13-7-10/h8H,3-7H2,1-2H3,(H,11,12). The second-order valence-corrected chi connectivity index (χ2v) is 5.30. The molecule has 80 valence electrons. The average molecular weight is 214 g/mol. The van der Waals surface area contributed by atoms with E-state index in [1.807, 2.05) is 11.8 Å². The highest BCUT2D eigenvalue weighted by molar-refractivity contribution is 8.14. The van der Waals surface area contributed by atoms with Gasteiger partial charge in [-0.15, -0.1) is 0 Å². The lowest BCUT2D eigenvalue weighted by Gasteiger charge is -2.24. The van der Waals surface area contributed by atoms with Crippen molar-refractivity contribution in [3.63, 3.8) is 0 Å². The summed E-state index contributed by atoms with van der Waals surface area (Å²) in [6.45, 7) is 6.09. The van der Waals surface area contributed by atoms with Gasteiger partial charge in [-0.25, -0.2) is 0 Å². The van der Waals surface area contributed by atoms with Crippen LogP contribution >= 0.6 is 11.8 Å². The largest absolute Gasteiger partial charge is 0.379 e. The van der Waals surface area contributed by atoms with E-state index in [-0.39, 0.29) is 5.54 Å². The molecule has 0 aliphatic carbocycles. The van der Waals surface area contributed by atoms with Crippen molar-refractivity contribution in [3.8, 4) is 0 Å². The maximum absolute atomic E-state index is 5.40. The average Bonchev–Trinajstić information content (AvgIpc) is 2.75. The zero-order valence-corrected chi connectivity index (χ0v) is 9.69. The smallest absolute Gasteiger partial charge is 0.157 e. The molecule has 0 aromatic heterocycles. The van der Waals surface area contributed by atoms with Gasteiger partial charge in [-0.1, -0.05) is 18.7 Å². The van der Waals surface area contributed by atoms with Gasteiger partial charge in [-0.3, -0.25) is 4.99 Å². The van der Waals surface area contributed by atoms with Crippen LogP contribution in [0.3, 0.4) is 0 Å². The molecule has 0 radical (unpaired) electrons. The van der Waals surface area contributed by atoms with E-state index in [0.29, 0.717) is 6.04 Å². The summed E-state index contributed by atoms with van der Waals surface area (Å²) in [4.78, 5) is 4.63. The lowest BCUT2D eigenvalue weighted by atomic mass is 10.0. The lowest BCUT2D eigenvalue weighted by molar-refractivity contribution is 0.177. The van der Waals surface area contributed by atoms with Crippen LogP contribution in [-0.4, -0.2) is 35.7 Å². The van der Waals surface area contributed by atoms with Crippen molar-refractivity contribution in [3.05, 3.63) is 0 Å². The topological polar surface area (TPSA) is 33.6 Å². The Kier molecular flexibility index (Phi) is 3.02. The van der Waals surface area contributed by atoms with Gasteiger partial charge < -0.3 is 10.1 Å². The van der Waals surface area contributed by atoms with Crippen molar-refractivity contribution < 1.29 is 4.74 Å². The molecule has 3 nitrogen and oxygen atoms in total. The van der Waals surface area contributed by atoms with Crippen molar-refractivity contribution in [2.24, 2.45) is 4.99 Å². The molecule has 4 heteroatoms. The fourth-order valence-corrected chi connectivity index (χ4v) is 2.92. The predicted molar refractivity (Wildman–Crippen MR) is 60.9 cm³/mol. The molecule has 2 heterocycles. The van der Waals surface area contributed by atoms with Crippen molar-refractivity contribution in [1.82, 2.24) is 5.32 Å². The van der Waals surface area contributed by atoms with E-state index in [1.54, 1.807) is 0 Å². The minimum absolute atomic E-state index is 0.120. The molecule has 1 fully saturated rings. The first-order valence-corrected chi connectivity index (χ1v) is 6.27. The summed E-state index contributed by atoms with van der Waals surface area (Å²) in [7, 11) is 0. The summed E-state index contributed by atoms with van der Waals surface area (Å²) in [6.07, 6.45) is 2.23. The molecule has 2 rings (SSSR count). The number of ether oxygens (including phenoxy) is 1. The van der Waals surface area contributed by atoms with Crippen LogP contribution < -0.4 is 5.32 Å². The van der Waals surface area contributed by atoms with E-state index in [4.69, 9.17) is 4.74 Å². The Hall–Kier alpha value is -0.220.